The molecule has 2 aromatic carbocycles. The van der Waals surface area contributed by atoms with Gasteiger partial charge in [-0.05, 0) is 47.5 Å². The van der Waals surface area contributed by atoms with Gasteiger partial charge in [0.25, 0.3) is 0 Å². The molecule has 0 saturated carbocycles. The fourth-order valence-electron chi connectivity index (χ4n) is 3.32. The maximum Gasteiger partial charge on any atom is 0.322 e. The molecule has 0 saturated heterocycles. The smallest absolute Gasteiger partial charge is 0.322 e. The van der Waals surface area contributed by atoms with Crippen LogP contribution in [0.3, 0.4) is 0 Å². The van der Waals surface area contributed by atoms with Crippen LogP contribution in [-0.4, -0.2) is 36.2 Å². The Morgan fingerprint density at radius 1 is 1.03 bits per heavy atom. The first-order valence-electron chi connectivity index (χ1n) is 9.21. The lowest BCUT2D eigenvalue weighted by atomic mass is 9.98. The van der Waals surface area contributed by atoms with Crippen LogP contribution < -0.4 is 14.8 Å². The lowest BCUT2D eigenvalue weighted by Gasteiger charge is -2.30. The van der Waals surface area contributed by atoms with Crippen LogP contribution in [0.25, 0.3) is 0 Å². The molecule has 0 unspecified atom stereocenters. The molecule has 2 amide bonds. The maximum absolute atomic E-state index is 13.1. The van der Waals surface area contributed by atoms with Gasteiger partial charge in [-0.3, -0.25) is 4.98 Å². The van der Waals surface area contributed by atoms with Gasteiger partial charge < -0.3 is 19.7 Å². The monoisotopic (exact) mass is 409 g/mol. The molecule has 7 heteroatoms. The quantitative estimate of drug-likeness (QED) is 0.674. The molecule has 0 bridgehead atoms. The number of carbonyl (C=O) groups excluding carboxylic acids is 1. The number of amides is 2. The number of urea groups is 1. The third-order valence-electron chi connectivity index (χ3n) is 4.72. The van der Waals surface area contributed by atoms with Crippen molar-refractivity contribution in [1.82, 2.24) is 9.88 Å². The number of benzene rings is 2. The van der Waals surface area contributed by atoms with Gasteiger partial charge in [-0.25, -0.2) is 4.79 Å². The van der Waals surface area contributed by atoms with Gasteiger partial charge in [0, 0.05) is 24.5 Å². The molecule has 1 N–H and O–H groups in total. The predicted octanol–water partition coefficient (Wildman–Crippen LogP) is 4.76. The average molecular weight is 410 g/mol. The van der Waals surface area contributed by atoms with Crippen molar-refractivity contribution >= 4 is 23.3 Å². The van der Waals surface area contributed by atoms with Crippen molar-refractivity contribution in [3.63, 3.8) is 0 Å². The van der Waals surface area contributed by atoms with Crippen LogP contribution in [0.15, 0.2) is 67.0 Å². The molecule has 2 heterocycles. The summed E-state index contributed by atoms with van der Waals surface area (Å²) < 4.78 is 11.3. The van der Waals surface area contributed by atoms with E-state index in [0.29, 0.717) is 35.4 Å². The number of pyridine rings is 1. The van der Waals surface area contributed by atoms with Gasteiger partial charge in [0.05, 0.1) is 11.7 Å². The molecule has 0 radical (unpaired) electrons. The predicted molar refractivity (Wildman–Crippen MR) is 112 cm³/mol. The van der Waals surface area contributed by atoms with E-state index in [1.807, 2.05) is 48.5 Å². The van der Waals surface area contributed by atoms with Crippen molar-refractivity contribution in [3.05, 3.63) is 83.1 Å². The molecule has 0 aliphatic carbocycles. The second-order valence-electron chi connectivity index (χ2n) is 6.61. The summed E-state index contributed by atoms with van der Waals surface area (Å²) in [7, 11) is 1.75. The van der Waals surface area contributed by atoms with E-state index in [1.54, 1.807) is 30.4 Å². The molecule has 1 aromatic heterocycles. The first-order valence-corrected chi connectivity index (χ1v) is 9.59. The van der Waals surface area contributed by atoms with Gasteiger partial charge in [0.1, 0.15) is 13.2 Å². The van der Waals surface area contributed by atoms with E-state index in [0.717, 1.165) is 11.1 Å². The number of fused-ring (bicyclic) bond motifs is 1. The van der Waals surface area contributed by atoms with Crippen LogP contribution in [0, 0.1) is 0 Å². The lowest BCUT2D eigenvalue weighted by molar-refractivity contribution is 0.172. The molecule has 1 aliphatic rings. The third kappa shape index (κ3) is 4.12. The number of rotatable bonds is 4. The number of aromatic nitrogens is 1. The third-order valence-corrected chi connectivity index (χ3v) is 4.98. The Morgan fingerprint density at radius 2 is 1.72 bits per heavy atom. The number of hydrogen-bond donors (Lipinski definition) is 1. The Hall–Kier alpha value is -3.25. The highest BCUT2D eigenvalue weighted by Gasteiger charge is 2.25. The van der Waals surface area contributed by atoms with E-state index >= 15 is 0 Å². The Labute approximate surface area is 174 Å². The molecule has 3 aromatic rings. The Bertz CT molecular complexity index is 996. The van der Waals surface area contributed by atoms with Crippen LogP contribution in [0.5, 0.6) is 11.5 Å². The minimum Gasteiger partial charge on any atom is -0.486 e. The van der Waals surface area contributed by atoms with Crippen molar-refractivity contribution in [2.75, 3.05) is 25.6 Å². The van der Waals surface area contributed by atoms with Crippen molar-refractivity contribution in [2.24, 2.45) is 0 Å². The molecule has 1 atom stereocenters. The van der Waals surface area contributed by atoms with Gasteiger partial charge in [-0.15, -0.1) is 0 Å². The van der Waals surface area contributed by atoms with Crippen LogP contribution in [0.1, 0.15) is 17.2 Å². The number of carbonyl (C=O) groups is 1. The molecule has 6 nitrogen and oxygen atoms in total. The van der Waals surface area contributed by atoms with Gasteiger partial charge in [-0.1, -0.05) is 29.8 Å². The van der Waals surface area contributed by atoms with E-state index in [9.17, 15) is 4.79 Å². The van der Waals surface area contributed by atoms with Crippen molar-refractivity contribution in [2.45, 2.75) is 6.04 Å². The van der Waals surface area contributed by atoms with Crippen LogP contribution in [0.2, 0.25) is 5.02 Å². The van der Waals surface area contributed by atoms with Gasteiger partial charge >= 0.3 is 6.03 Å². The minimum absolute atomic E-state index is 0.274. The zero-order valence-electron chi connectivity index (χ0n) is 15.8. The van der Waals surface area contributed by atoms with Crippen LogP contribution >= 0.6 is 11.6 Å². The van der Waals surface area contributed by atoms with Crippen LogP contribution in [0.4, 0.5) is 10.5 Å². The van der Waals surface area contributed by atoms with Crippen molar-refractivity contribution < 1.29 is 14.3 Å². The number of hydrogen-bond acceptors (Lipinski definition) is 4. The number of nitrogens with zero attached hydrogens (tertiary/aromatic N) is 2. The van der Waals surface area contributed by atoms with E-state index < -0.39 is 0 Å². The zero-order valence-corrected chi connectivity index (χ0v) is 16.6. The highest BCUT2D eigenvalue weighted by atomic mass is 35.5. The standard InChI is InChI=1S/C22H20ClN3O3/c1-26(22(27)25-18-3-2-4-19-21(18)29-14-13-28-19)20(16-9-11-24-12-10-16)15-5-7-17(23)8-6-15/h2-12,20H,13-14H2,1H3,(H,25,27)/t20-/m0/s1. The SMILES string of the molecule is CN(C(=O)Nc1cccc2c1OCCO2)[C@H](c1ccncc1)c1ccc(Cl)cc1. The molecule has 29 heavy (non-hydrogen) atoms. The number of nitrogens with one attached hydrogen (secondary N) is 1. The second-order valence-corrected chi connectivity index (χ2v) is 7.04. The highest BCUT2D eigenvalue weighted by molar-refractivity contribution is 6.30. The topological polar surface area (TPSA) is 63.7 Å². The Balaban J connectivity index is 1.63. The molecule has 1 aliphatic heterocycles. The first kappa shape index (κ1) is 19.1. The normalized spacial score (nSPS) is 13.4. The zero-order chi connectivity index (χ0) is 20.2. The van der Waals surface area contributed by atoms with Gasteiger partial charge in [0.15, 0.2) is 11.5 Å². The first-order chi connectivity index (χ1) is 14.1. The minimum atomic E-state index is -0.313. The lowest BCUT2D eigenvalue weighted by Crippen LogP contribution is -2.35. The maximum atomic E-state index is 13.1. The summed E-state index contributed by atoms with van der Waals surface area (Å²) in [5.74, 6) is 1.17. The number of para-hydroxylation sites is 1. The summed E-state index contributed by atoms with van der Waals surface area (Å²) in [4.78, 5) is 18.9. The summed E-state index contributed by atoms with van der Waals surface area (Å²) >= 11 is 6.05. The number of ether oxygens (including phenoxy) is 2. The van der Waals surface area contributed by atoms with E-state index in [1.165, 1.54) is 0 Å². The van der Waals surface area contributed by atoms with E-state index in [4.69, 9.17) is 21.1 Å². The summed E-state index contributed by atoms with van der Waals surface area (Å²) in [5, 5.41) is 3.58. The fraction of sp³-hybridized carbons (Fsp3) is 0.182. The largest absolute Gasteiger partial charge is 0.486 e. The van der Waals surface area contributed by atoms with Crippen LogP contribution in [-0.2, 0) is 0 Å². The van der Waals surface area contributed by atoms with E-state index in [2.05, 4.69) is 10.3 Å². The average Bonchev–Trinajstić information content (AvgIpc) is 2.76. The summed E-state index contributed by atoms with van der Waals surface area (Å²) in [6.45, 7) is 0.936. The fourth-order valence-corrected chi connectivity index (χ4v) is 3.45. The Morgan fingerprint density at radius 3 is 2.48 bits per heavy atom. The van der Waals surface area contributed by atoms with Gasteiger partial charge in [0.2, 0.25) is 0 Å². The molecule has 4 rings (SSSR count). The highest BCUT2D eigenvalue weighted by Crippen LogP contribution is 2.38. The molecule has 0 spiro atoms. The molecule has 0 fully saturated rings. The van der Waals surface area contributed by atoms with E-state index in [-0.39, 0.29) is 12.1 Å². The molecular formula is C22H20ClN3O3. The number of anilines is 1. The summed E-state index contributed by atoms with van der Waals surface area (Å²) in [5.41, 5.74) is 2.45. The molecule has 148 valence electrons. The summed E-state index contributed by atoms with van der Waals surface area (Å²) in [6.07, 6.45) is 3.42. The summed E-state index contributed by atoms with van der Waals surface area (Å²) in [6, 6.07) is 16.1. The Kier molecular flexibility index (Phi) is 5.53. The van der Waals surface area contributed by atoms with Gasteiger partial charge in [-0.2, -0.15) is 0 Å². The molecular weight excluding hydrogens is 390 g/mol. The number of halogens is 1. The van der Waals surface area contributed by atoms with Crippen molar-refractivity contribution in [1.29, 1.82) is 0 Å². The van der Waals surface area contributed by atoms with Crippen molar-refractivity contribution in [3.8, 4) is 11.5 Å². The second kappa shape index (κ2) is 8.41.